The summed E-state index contributed by atoms with van der Waals surface area (Å²) in [6.45, 7) is 0. The van der Waals surface area contributed by atoms with E-state index in [1.54, 1.807) is 6.08 Å². The van der Waals surface area contributed by atoms with Gasteiger partial charge in [0.15, 0.2) is 0 Å². The van der Waals surface area contributed by atoms with Gasteiger partial charge in [-0.2, -0.15) is 0 Å². The first-order chi connectivity index (χ1) is 6.70. The molecule has 1 aromatic rings. The third kappa shape index (κ3) is 7.47. The van der Waals surface area contributed by atoms with Gasteiger partial charge in [0.25, 0.3) is 0 Å². The molecule has 0 atom stereocenters. The molecule has 0 spiro atoms. The summed E-state index contributed by atoms with van der Waals surface area (Å²) in [4.78, 5) is 10.1. The number of hydrogen-bond donors (Lipinski definition) is 1. The van der Waals surface area contributed by atoms with Crippen LogP contribution in [0.4, 0.5) is 0 Å². The molecule has 76 valence electrons. The van der Waals surface area contributed by atoms with Crippen LogP contribution in [-0.4, -0.2) is 32.0 Å². The first kappa shape index (κ1) is 12.8. The SMILES string of the molecule is O=C(O)C=Cc1ccccc1.[SiH3]O[SiH3]. The number of carboxylic acids is 1. The Hall–Kier alpha value is -1.18. The molecule has 0 aliphatic heterocycles. The fourth-order valence-electron chi connectivity index (χ4n) is 0.732. The van der Waals surface area contributed by atoms with Crippen molar-refractivity contribution in [2.75, 3.05) is 0 Å². The van der Waals surface area contributed by atoms with E-state index in [0.717, 1.165) is 32.6 Å². The lowest BCUT2D eigenvalue weighted by Gasteiger charge is -1.87. The minimum absolute atomic E-state index is 0.898. The third-order valence-corrected chi connectivity index (χ3v) is 1.22. The highest BCUT2D eigenvalue weighted by molar-refractivity contribution is 6.15. The summed E-state index contributed by atoms with van der Waals surface area (Å²) < 4.78 is 4.53. The van der Waals surface area contributed by atoms with Crippen molar-refractivity contribution in [2.45, 2.75) is 0 Å². The molecule has 0 saturated carbocycles. The fourth-order valence-corrected chi connectivity index (χ4v) is 0.732. The Morgan fingerprint density at radius 2 is 1.79 bits per heavy atom. The topological polar surface area (TPSA) is 46.5 Å². The summed E-state index contributed by atoms with van der Waals surface area (Å²) in [7, 11) is 1.86. The average Bonchev–Trinajstić information content (AvgIpc) is 2.18. The molecule has 0 aromatic heterocycles. The van der Waals surface area contributed by atoms with Crippen LogP contribution in [0, 0.1) is 0 Å². The molecule has 1 N–H and O–H groups in total. The Balaban J connectivity index is 0.000000500. The van der Waals surface area contributed by atoms with Gasteiger partial charge in [0.1, 0.15) is 21.0 Å². The van der Waals surface area contributed by atoms with Gasteiger partial charge >= 0.3 is 5.97 Å². The summed E-state index contributed by atoms with van der Waals surface area (Å²) in [5, 5.41) is 8.29. The normalized spacial score (nSPS) is 9.71. The maximum Gasteiger partial charge on any atom is 0.328 e. The Kier molecular flexibility index (Phi) is 7.72. The van der Waals surface area contributed by atoms with E-state index in [1.807, 2.05) is 30.3 Å². The van der Waals surface area contributed by atoms with E-state index < -0.39 is 5.97 Å². The molecule has 0 aliphatic rings. The van der Waals surface area contributed by atoms with E-state index in [2.05, 4.69) is 4.12 Å². The van der Waals surface area contributed by atoms with Gasteiger partial charge < -0.3 is 9.22 Å². The van der Waals surface area contributed by atoms with Crippen LogP contribution in [0.25, 0.3) is 6.08 Å². The lowest BCUT2D eigenvalue weighted by molar-refractivity contribution is -0.131. The molecule has 0 bridgehead atoms. The Morgan fingerprint density at radius 3 is 2.21 bits per heavy atom. The van der Waals surface area contributed by atoms with Crippen LogP contribution in [0.2, 0.25) is 0 Å². The van der Waals surface area contributed by atoms with Gasteiger partial charge in [-0.15, -0.1) is 0 Å². The zero-order valence-electron chi connectivity index (χ0n) is 8.31. The molecule has 0 saturated heterocycles. The van der Waals surface area contributed by atoms with Crippen LogP contribution in [-0.2, 0) is 8.91 Å². The first-order valence-corrected chi connectivity index (χ1v) is 5.70. The van der Waals surface area contributed by atoms with Crippen molar-refractivity contribution >= 4 is 33.0 Å². The van der Waals surface area contributed by atoms with Crippen molar-refractivity contribution in [3.8, 4) is 0 Å². The van der Waals surface area contributed by atoms with Gasteiger partial charge in [-0.05, 0) is 11.6 Å². The van der Waals surface area contributed by atoms with Crippen LogP contribution in [0.3, 0.4) is 0 Å². The highest BCUT2D eigenvalue weighted by atomic mass is 28.3. The second kappa shape index (κ2) is 8.42. The molecule has 0 fully saturated rings. The Morgan fingerprint density at radius 1 is 1.29 bits per heavy atom. The number of rotatable bonds is 2. The molecular weight excluding hydrogens is 212 g/mol. The summed E-state index contributed by atoms with van der Waals surface area (Å²) in [6, 6.07) is 9.31. The number of hydrogen-bond acceptors (Lipinski definition) is 2. The molecule has 14 heavy (non-hydrogen) atoms. The predicted molar refractivity (Wildman–Crippen MR) is 64.1 cm³/mol. The van der Waals surface area contributed by atoms with Gasteiger partial charge in [-0.3, -0.25) is 0 Å². The molecule has 0 radical (unpaired) electrons. The van der Waals surface area contributed by atoms with E-state index in [4.69, 9.17) is 5.11 Å². The number of benzene rings is 1. The van der Waals surface area contributed by atoms with E-state index in [-0.39, 0.29) is 0 Å². The second-order valence-electron chi connectivity index (χ2n) is 2.49. The average molecular weight is 226 g/mol. The van der Waals surface area contributed by atoms with Crippen molar-refractivity contribution in [3.05, 3.63) is 42.0 Å². The van der Waals surface area contributed by atoms with E-state index in [0.29, 0.717) is 0 Å². The molecule has 0 unspecified atom stereocenters. The minimum atomic E-state index is -0.922. The van der Waals surface area contributed by atoms with E-state index >= 15 is 0 Å². The first-order valence-electron chi connectivity index (χ1n) is 4.07. The minimum Gasteiger partial charge on any atom is -0.478 e. The standard InChI is InChI=1S/C9H8O2.H6OSi2/c10-9(11)7-6-8-4-2-1-3-5-8;2-1-3/h1-7H,(H,10,11);2-3H3. The highest BCUT2D eigenvalue weighted by Crippen LogP contribution is 1.99. The van der Waals surface area contributed by atoms with Crippen molar-refractivity contribution in [1.29, 1.82) is 0 Å². The molecule has 1 rings (SSSR count). The van der Waals surface area contributed by atoms with Gasteiger partial charge in [-0.25, -0.2) is 4.79 Å². The lowest BCUT2D eigenvalue weighted by atomic mass is 10.2. The summed E-state index contributed by atoms with van der Waals surface area (Å²) >= 11 is 0. The molecule has 3 nitrogen and oxygen atoms in total. The number of carbonyl (C=O) groups is 1. The van der Waals surface area contributed by atoms with Crippen molar-refractivity contribution in [1.82, 2.24) is 0 Å². The second-order valence-corrected chi connectivity index (χ2v) is 5.76. The molecular formula is C9H14O3Si2. The molecule has 0 heterocycles. The zero-order valence-corrected chi connectivity index (χ0v) is 12.3. The predicted octanol–water partition coefficient (Wildman–Crippen LogP) is -0.652. The van der Waals surface area contributed by atoms with Gasteiger partial charge in [-0.1, -0.05) is 30.3 Å². The lowest BCUT2D eigenvalue weighted by Crippen LogP contribution is -1.85. The van der Waals surface area contributed by atoms with Crippen LogP contribution in [0.1, 0.15) is 5.56 Å². The third-order valence-electron chi connectivity index (χ3n) is 1.22. The monoisotopic (exact) mass is 226 g/mol. The largest absolute Gasteiger partial charge is 0.478 e. The Labute approximate surface area is 89.5 Å². The van der Waals surface area contributed by atoms with Gasteiger partial charge in [0.05, 0.1) is 0 Å². The van der Waals surface area contributed by atoms with E-state index in [9.17, 15) is 4.79 Å². The smallest absolute Gasteiger partial charge is 0.328 e. The van der Waals surface area contributed by atoms with Crippen LogP contribution < -0.4 is 0 Å². The maximum atomic E-state index is 10.1. The number of carboxylic acid groups (broad SMARTS) is 1. The molecule has 1 aromatic carbocycles. The van der Waals surface area contributed by atoms with Crippen LogP contribution in [0.5, 0.6) is 0 Å². The number of aliphatic carboxylic acids is 1. The van der Waals surface area contributed by atoms with Crippen molar-refractivity contribution < 1.29 is 14.0 Å². The van der Waals surface area contributed by atoms with E-state index in [1.165, 1.54) is 0 Å². The fraction of sp³-hybridized carbons (Fsp3) is 0. The van der Waals surface area contributed by atoms with Gasteiger partial charge in [0, 0.05) is 6.08 Å². The van der Waals surface area contributed by atoms with Crippen molar-refractivity contribution in [3.63, 3.8) is 0 Å². The Bertz CT molecular complexity index is 285. The molecule has 0 amide bonds. The summed E-state index contributed by atoms with van der Waals surface area (Å²) in [5.74, 6) is -0.922. The van der Waals surface area contributed by atoms with Crippen LogP contribution >= 0.6 is 0 Å². The molecule has 0 aliphatic carbocycles. The van der Waals surface area contributed by atoms with Gasteiger partial charge in [0.2, 0.25) is 0 Å². The quantitative estimate of drug-likeness (QED) is 0.538. The maximum absolute atomic E-state index is 10.1. The highest BCUT2D eigenvalue weighted by Gasteiger charge is 1.85. The van der Waals surface area contributed by atoms with Crippen LogP contribution in [0.15, 0.2) is 36.4 Å². The van der Waals surface area contributed by atoms with Crippen molar-refractivity contribution in [2.24, 2.45) is 0 Å². The molecule has 5 heteroatoms. The summed E-state index contributed by atoms with van der Waals surface area (Å²) in [5.41, 5.74) is 0.898. The summed E-state index contributed by atoms with van der Waals surface area (Å²) in [6.07, 6.45) is 2.68. The zero-order chi connectivity index (χ0) is 10.8.